The third-order valence-corrected chi connectivity index (χ3v) is 12.7. The van der Waals surface area contributed by atoms with Gasteiger partial charge in [0.15, 0.2) is 0 Å². The van der Waals surface area contributed by atoms with Gasteiger partial charge in [-0.2, -0.15) is 0 Å². The van der Waals surface area contributed by atoms with Crippen LogP contribution in [0.5, 0.6) is 0 Å². The number of hydrogen-bond acceptors (Lipinski definition) is 2. The second kappa shape index (κ2) is 14.1. The van der Waals surface area contributed by atoms with Crippen LogP contribution in [0.4, 0.5) is 17.1 Å². The Morgan fingerprint density at radius 3 is 1.52 bits per heavy atom. The average molecular weight is 778 g/mol. The number of benzene rings is 10. The molecule has 2 heteroatoms. The quantitative estimate of drug-likeness (QED) is 0.160. The molecule has 286 valence electrons. The van der Waals surface area contributed by atoms with Crippen molar-refractivity contribution in [1.82, 2.24) is 0 Å². The fourth-order valence-electron chi connectivity index (χ4n) is 10.1. The lowest BCUT2D eigenvalue weighted by molar-refractivity contribution is 0.674. The summed E-state index contributed by atoms with van der Waals surface area (Å²) in [7, 11) is 0. The summed E-state index contributed by atoms with van der Waals surface area (Å²) in [6.07, 6.45) is 0. The van der Waals surface area contributed by atoms with E-state index in [1.807, 2.05) is 0 Å². The molecule has 0 spiro atoms. The topological polar surface area (TPSA) is 16.4 Å². The van der Waals surface area contributed by atoms with Crippen LogP contribution in [0.3, 0.4) is 0 Å². The monoisotopic (exact) mass is 777 g/mol. The highest BCUT2D eigenvalue weighted by atomic mass is 16.3. The maximum atomic E-state index is 6.81. The van der Waals surface area contributed by atoms with Gasteiger partial charge in [-0.15, -0.1) is 0 Å². The molecule has 11 aromatic rings. The summed E-state index contributed by atoms with van der Waals surface area (Å²) >= 11 is 0. The van der Waals surface area contributed by atoms with Gasteiger partial charge in [0.05, 0.1) is 5.41 Å². The van der Waals surface area contributed by atoms with Gasteiger partial charge in [0.25, 0.3) is 0 Å². The van der Waals surface area contributed by atoms with E-state index in [-0.39, 0.29) is 0 Å². The molecular weight excluding hydrogens is 739 g/mol. The van der Waals surface area contributed by atoms with Crippen molar-refractivity contribution in [3.63, 3.8) is 0 Å². The van der Waals surface area contributed by atoms with Crippen LogP contribution >= 0.6 is 0 Å². The summed E-state index contributed by atoms with van der Waals surface area (Å²) in [5, 5.41) is 4.52. The summed E-state index contributed by atoms with van der Waals surface area (Å²) in [5.41, 5.74) is 16.9. The van der Waals surface area contributed by atoms with Gasteiger partial charge in [0.1, 0.15) is 11.2 Å². The standard InChI is InChI=1S/C59H39NO/c1-5-18-40(19-6-1)47-29-17-30-52-54-39-53(48-26-13-14-28-51(48)58(54)61-57(47)52)41-32-34-45(35-33-41)60(44-24-11-4-12-25-44)46-36-37-50-49-27-15-16-31-55(49)59(56(50)38-46,42-20-7-2-8-21-42)43-22-9-3-10-23-43/h1-39H. The highest BCUT2D eigenvalue weighted by Gasteiger charge is 2.46. The van der Waals surface area contributed by atoms with Crippen molar-refractivity contribution in [3.8, 4) is 33.4 Å². The van der Waals surface area contributed by atoms with Crippen LogP contribution in [-0.2, 0) is 5.41 Å². The van der Waals surface area contributed by atoms with Gasteiger partial charge < -0.3 is 9.32 Å². The zero-order valence-electron chi connectivity index (χ0n) is 33.4. The second-order valence-corrected chi connectivity index (χ2v) is 16.0. The molecule has 1 aromatic heterocycles. The van der Waals surface area contributed by atoms with Gasteiger partial charge >= 0.3 is 0 Å². The maximum Gasteiger partial charge on any atom is 0.143 e. The molecule has 0 saturated heterocycles. The van der Waals surface area contributed by atoms with Crippen LogP contribution in [0.1, 0.15) is 22.3 Å². The molecule has 1 aliphatic rings. The van der Waals surface area contributed by atoms with Gasteiger partial charge in [-0.1, -0.05) is 194 Å². The van der Waals surface area contributed by atoms with Crippen LogP contribution < -0.4 is 4.90 Å². The second-order valence-electron chi connectivity index (χ2n) is 16.0. The molecule has 12 rings (SSSR count). The Labute approximate surface area is 355 Å². The highest BCUT2D eigenvalue weighted by molar-refractivity contribution is 6.20. The predicted molar refractivity (Wildman–Crippen MR) is 254 cm³/mol. The van der Waals surface area contributed by atoms with Gasteiger partial charge in [-0.05, 0) is 97.9 Å². The SMILES string of the molecule is c1ccc(-c2cccc3c2oc2c4ccccc4c(-c4ccc(N(c5ccccc5)c5ccc6c(c5)C(c5ccccc5)(c5ccccc5)c5ccccc5-6)cc4)cc32)cc1. The molecule has 0 saturated carbocycles. The van der Waals surface area contributed by atoms with E-state index in [1.54, 1.807) is 0 Å². The van der Waals surface area contributed by atoms with Crippen molar-refractivity contribution >= 4 is 49.8 Å². The largest absolute Gasteiger partial charge is 0.455 e. The summed E-state index contributed by atoms with van der Waals surface area (Å²) in [6, 6.07) is 85.8. The third-order valence-electron chi connectivity index (χ3n) is 12.7. The first-order chi connectivity index (χ1) is 30.3. The summed E-state index contributed by atoms with van der Waals surface area (Å²) in [4.78, 5) is 2.39. The molecule has 0 bridgehead atoms. The molecule has 1 heterocycles. The van der Waals surface area contributed by atoms with Crippen molar-refractivity contribution in [2.45, 2.75) is 5.41 Å². The average Bonchev–Trinajstić information content (AvgIpc) is 3.87. The van der Waals surface area contributed by atoms with Crippen molar-refractivity contribution in [2.24, 2.45) is 0 Å². The van der Waals surface area contributed by atoms with Crippen LogP contribution in [0, 0.1) is 0 Å². The molecule has 1 aliphatic carbocycles. The van der Waals surface area contributed by atoms with Gasteiger partial charge in [-0.3, -0.25) is 0 Å². The molecule has 61 heavy (non-hydrogen) atoms. The molecule has 0 aliphatic heterocycles. The number of para-hydroxylation sites is 2. The first kappa shape index (κ1) is 35.0. The Morgan fingerprint density at radius 1 is 0.295 bits per heavy atom. The summed E-state index contributed by atoms with van der Waals surface area (Å²) in [6.45, 7) is 0. The van der Waals surface area contributed by atoms with Crippen LogP contribution in [0.2, 0.25) is 0 Å². The van der Waals surface area contributed by atoms with E-state index in [0.29, 0.717) is 0 Å². The lowest BCUT2D eigenvalue weighted by Crippen LogP contribution is -2.28. The Balaban J connectivity index is 1.02. The first-order valence-electron chi connectivity index (χ1n) is 21.0. The number of nitrogens with zero attached hydrogens (tertiary/aromatic N) is 1. The van der Waals surface area contributed by atoms with E-state index in [0.717, 1.165) is 61.1 Å². The Kier molecular flexibility index (Phi) is 8.11. The normalized spacial score (nSPS) is 12.7. The fraction of sp³-hybridized carbons (Fsp3) is 0.0169. The van der Waals surface area contributed by atoms with Gasteiger partial charge in [-0.25, -0.2) is 0 Å². The van der Waals surface area contributed by atoms with Crippen molar-refractivity contribution in [1.29, 1.82) is 0 Å². The minimum Gasteiger partial charge on any atom is -0.455 e. The number of hydrogen-bond donors (Lipinski definition) is 0. The minimum absolute atomic E-state index is 0.491. The Hall–Kier alpha value is -7.94. The summed E-state index contributed by atoms with van der Waals surface area (Å²) < 4.78 is 6.81. The molecule has 0 N–H and O–H groups in total. The molecule has 0 atom stereocenters. The third kappa shape index (κ3) is 5.43. The van der Waals surface area contributed by atoms with E-state index < -0.39 is 5.41 Å². The van der Waals surface area contributed by atoms with E-state index in [4.69, 9.17) is 4.42 Å². The smallest absolute Gasteiger partial charge is 0.143 e. The number of anilines is 3. The Bertz CT molecular complexity index is 3350. The van der Waals surface area contributed by atoms with Gasteiger partial charge in [0.2, 0.25) is 0 Å². The Morgan fingerprint density at radius 2 is 0.803 bits per heavy atom. The lowest BCUT2D eigenvalue weighted by atomic mass is 9.67. The lowest BCUT2D eigenvalue weighted by Gasteiger charge is -2.35. The van der Waals surface area contributed by atoms with E-state index >= 15 is 0 Å². The van der Waals surface area contributed by atoms with Crippen LogP contribution in [0.25, 0.3) is 66.1 Å². The highest BCUT2D eigenvalue weighted by Crippen LogP contribution is 2.57. The fourth-order valence-corrected chi connectivity index (χ4v) is 10.1. The molecule has 0 fully saturated rings. The summed E-state index contributed by atoms with van der Waals surface area (Å²) in [5.74, 6) is 0. The van der Waals surface area contributed by atoms with E-state index in [9.17, 15) is 0 Å². The molecule has 2 nitrogen and oxygen atoms in total. The zero-order valence-corrected chi connectivity index (χ0v) is 33.4. The van der Waals surface area contributed by atoms with Crippen molar-refractivity contribution < 1.29 is 4.42 Å². The van der Waals surface area contributed by atoms with Crippen LogP contribution in [-0.4, -0.2) is 0 Å². The molecule has 0 amide bonds. The van der Waals surface area contributed by atoms with E-state index in [1.165, 1.54) is 44.3 Å². The molecule has 0 radical (unpaired) electrons. The van der Waals surface area contributed by atoms with Crippen LogP contribution in [0.15, 0.2) is 241 Å². The zero-order chi connectivity index (χ0) is 40.3. The first-order valence-corrected chi connectivity index (χ1v) is 21.0. The number of rotatable bonds is 7. The minimum atomic E-state index is -0.491. The van der Waals surface area contributed by atoms with Crippen molar-refractivity contribution in [2.75, 3.05) is 4.90 Å². The van der Waals surface area contributed by atoms with Crippen molar-refractivity contribution in [3.05, 3.63) is 259 Å². The molecule has 0 unspecified atom stereocenters. The predicted octanol–water partition coefficient (Wildman–Crippen LogP) is 15.9. The number of fused-ring (bicyclic) bond motifs is 8. The molecule has 10 aromatic carbocycles. The number of furan rings is 1. The molecular formula is C59H39NO. The maximum absolute atomic E-state index is 6.81. The van der Waals surface area contributed by atoms with Gasteiger partial charge in [0, 0.05) is 38.8 Å². The van der Waals surface area contributed by atoms with E-state index in [2.05, 4.69) is 241 Å².